The van der Waals surface area contributed by atoms with Crippen LogP contribution < -0.4 is 10.1 Å². The highest BCUT2D eigenvalue weighted by Crippen LogP contribution is 2.50. The minimum Gasteiger partial charge on any atom is -0.490 e. The van der Waals surface area contributed by atoms with Crippen molar-refractivity contribution < 1.29 is 43.5 Å². The molecule has 0 aliphatic heterocycles. The summed E-state index contributed by atoms with van der Waals surface area (Å²) in [7, 11) is -3.31. The van der Waals surface area contributed by atoms with E-state index in [9.17, 15) is 33.6 Å². The van der Waals surface area contributed by atoms with Gasteiger partial charge in [-0.3, -0.25) is 9.78 Å². The standard InChI is InChI=1S/C39H52ClN3O9S/c1-25(7-5-18-43(19-6-20-53(2,50)51)38(49)37(48)36(47)35(46)33(45)24-44)26-10-13-32(40)27(21-26)22-42-39(15-16-39)31-23-41-17-14-29(31)30-8-3-4-9-34(30)52-28-11-12-28/h3-4,8-10,13-14,17,21,23,25,28,33,35-37,42,44-48H,5-7,11-12,15-16,18-20,22,24H2,1-2H3. The van der Waals surface area contributed by atoms with Crippen LogP contribution in [0.3, 0.4) is 0 Å². The topological polar surface area (TPSA) is 190 Å². The zero-order valence-electron chi connectivity index (χ0n) is 30.3. The molecular weight excluding hydrogens is 722 g/mol. The second kappa shape index (κ2) is 18.0. The number of aromatic nitrogens is 1. The lowest BCUT2D eigenvalue weighted by molar-refractivity contribution is -0.158. The Hall–Kier alpha value is -3.14. The molecule has 0 spiro atoms. The molecule has 53 heavy (non-hydrogen) atoms. The lowest BCUT2D eigenvalue weighted by Gasteiger charge is -2.30. The van der Waals surface area contributed by atoms with Crippen molar-refractivity contribution in [3.63, 3.8) is 0 Å². The molecule has 1 amide bonds. The van der Waals surface area contributed by atoms with Crippen molar-refractivity contribution >= 4 is 27.3 Å². The van der Waals surface area contributed by atoms with Crippen molar-refractivity contribution in [3.05, 3.63) is 82.6 Å². The molecule has 2 aliphatic carbocycles. The number of aliphatic hydroxyl groups excluding tert-OH is 5. The zero-order chi connectivity index (χ0) is 38.3. The van der Waals surface area contributed by atoms with E-state index in [0.29, 0.717) is 24.4 Å². The van der Waals surface area contributed by atoms with Gasteiger partial charge in [0.2, 0.25) is 0 Å². The number of rotatable bonds is 21. The van der Waals surface area contributed by atoms with E-state index in [-0.39, 0.29) is 42.8 Å². The Morgan fingerprint density at radius 3 is 2.43 bits per heavy atom. The van der Waals surface area contributed by atoms with Gasteiger partial charge >= 0.3 is 0 Å². The maximum Gasteiger partial charge on any atom is 0.254 e. The first-order chi connectivity index (χ1) is 25.2. The number of aliphatic hydroxyl groups is 5. The van der Waals surface area contributed by atoms with Crippen molar-refractivity contribution in [3.8, 4) is 16.9 Å². The number of amides is 1. The van der Waals surface area contributed by atoms with Gasteiger partial charge in [-0.1, -0.05) is 48.9 Å². The quantitative estimate of drug-likeness (QED) is 0.0932. The highest BCUT2D eigenvalue weighted by molar-refractivity contribution is 7.90. The molecular formula is C39H52ClN3O9S. The van der Waals surface area contributed by atoms with E-state index >= 15 is 0 Å². The summed E-state index contributed by atoms with van der Waals surface area (Å²) in [5.41, 5.74) is 5.02. The maximum atomic E-state index is 13.2. The summed E-state index contributed by atoms with van der Waals surface area (Å²) in [6.45, 7) is 1.87. The Morgan fingerprint density at radius 1 is 1.04 bits per heavy atom. The van der Waals surface area contributed by atoms with Crippen molar-refractivity contribution in [1.82, 2.24) is 15.2 Å². The lowest BCUT2D eigenvalue weighted by Crippen LogP contribution is -2.53. The number of sulfone groups is 1. The smallest absolute Gasteiger partial charge is 0.254 e. The number of para-hydroxylation sites is 1. The largest absolute Gasteiger partial charge is 0.490 e. The molecule has 1 heterocycles. The van der Waals surface area contributed by atoms with Gasteiger partial charge in [0, 0.05) is 54.4 Å². The SMILES string of the molecule is CC(CCCN(CCCS(C)(=O)=O)C(=O)C(O)C(O)C(O)C(O)CO)c1ccc(Cl)c(CNC2(c3cnccc3-c3ccccc3OC3CC3)CC2)c1. The Labute approximate surface area is 316 Å². The Morgan fingerprint density at radius 2 is 1.75 bits per heavy atom. The van der Waals surface area contributed by atoms with Gasteiger partial charge in [-0.05, 0) is 91.3 Å². The fourth-order valence-corrected chi connectivity index (χ4v) is 7.43. The normalized spacial score (nSPS) is 18.1. The van der Waals surface area contributed by atoms with E-state index in [1.807, 2.05) is 42.7 Å². The van der Waals surface area contributed by atoms with Crippen LogP contribution >= 0.6 is 11.6 Å². The lowest BCUT2D eigenvalue weighted by atomic mass is 9.93. The van der Waals surface area contributed by atoms with E-state index in [1.54, 1.807) is 0 Å². The fraction of sp³-hybridized carbons (Fsp3) is 0.538. The Bertz CT molecular complexity index is 1800. The molecule has 3 aromatic rings. The van der Waals surface area contributed by atoms with Crippen molar-refractivity contribution in [2.75, 3.05) is 31.7 Å². The molecule has 1 aromatic heterocycles. The Kier molecular flexibility index (Phi) is 13.9. The Balaban J connectivity index is 1.23. The van der Waals surface area contributed by atoms with Crippen LogP contribution in [-0.2, 0) is 26.7 Å². The number of halogens is 1. The number of benzene rings is 2. The van der Waals surface area contributed by atoms with Crippen LogP contribution in [0, 0.1) is 0 Å². The van der Waals surface area contributed by atoms with Gasteiger partial charge in [0.05, 0.1) is 18.5 Å². The first-order valence-corrected chi connectivity index (χ1v) is 20.7. The van der Waals surface area contributed by atoms with Gasteiger partial charge in [-0.2, -0.15) is 0 Å². The van der Waals surface area contributed by atoms with Crippen LogP contribution in [-0.4, -0.2) is 112 Å². The average molecular weight is 774 g/mol. The molecule has 0 bridgehead atoms. The molecule has 12 nitrogen and oxygen atoms in total. The minimum atomic E-state index is -3.31. The third kappa shape index (κ3) is 11.0. The van der Waals surface area contributed by atoms with Crippen molar-refractivity contribution in [2.45, 2.75) is 100 Å². The second-order valence-corrected chi connectivity index (χ2v) is 17.2. The molecule has 0 saturated heterocycles. The predicted molar refractivity (Wildman–Crippen MR) is 202 cm³/mol. The van der Waals surface area contributed by atoms with Gasteiger partial charge in [0.25, 0.3) is 5.91 Å². The third-order valence-electron chi connectivity index (χ3n) is 10.2. The van der Waals surface area contributed by atoms with Crippen LogP contribution in [0.4, 0.5) is 0 Å². The summed E-state index contributed by atoms with van der Waals surface area (Å²) in [6.07, 6.45) is 2.57. The van der Waals surface area contributed by atoms with Crippen molar-refractivity contribution in [2.24, 2.45) is 0 Å². The molecule has 6 N–H and O–H groups in total. The number of nitrogens with one attached hydrogen (secondary N) is 1. The molecule has 2 fully saturated rings. The number of nitrogens with zero attached hydrogens (tertiary/aromatic N) is 2. The summed E-state index contributed by atoms with van der Waals surface area (Å²) in [5, 5.41) is 54.1. The van der Waals surface area contributed by atoms with Crippen LogP contribution in [0.2, 0.25) is 5.02 Å². The van der Waals surface area contributed by atoms with Crippen LogP contribution in [0.1, 0.15) is 74.5 Å². The van der Waals surface area contributed by atoms with E-state index in [0.717, 1.165) is 65.5 Å². The molecule has 5 rings (SSSR count). The van der Waals surface area contributed by atoms with Gasteiger partial charge in [-0.15, -0.1) is 0 Å². The molecule has 2 aromatic carbocycles. The molecule has 5 atom stereocenters. The summed E-state index contributed by atoms with van der Waals surface area (Å²) in [5.74, 6) is -0.147. The predicted octanol–water partition coefficient (Wildman–Crippen LogP) is 3.31. The first-order valence-electron chi connectivity index (χ1n) is 18.3. The highest BCUT2D eigenvalue weighted by atomic mass is 35.5. The third-order valence-corrected chi connectivity index (χ3v) is 11.6. The molecule has 0 radical (unpaired) electrons. The van der Waals surface area contributed by atoms with E-state index in [4.69, 9.17) is 21.4 Å². The number of hydrogen-bond donors (Lipinski definition) is 6. The van der Waals surface area contributed by atoms with Crippen LogP contribution in [0.15, 0.2) is 60.9 Å². The zero-order valence-corrected chi connectivity index (χ0v) is 31.8. The number of pyridine rings is 1. The van der Waals surface area contributed by atoms with Crippen LogP contribution in [0.5, 0.6) is 5.75 Å². The molecule has 2 aliphatic rings. The van der Waals surface area contributed by atoms with Crippen molar-refractivity contribution in [1.29, 1.82) is 0 Å². The van der Waals surface area contributed by atoms with E-state index < -0.39 is 46.8 Å². The number of ether oxygens (including phenoxy) is 1. The van der Waals surface area contributed by atoms with Gasteiger partial charge < -0.3 is 40.5 Å². The minimum absolute atomic E-state index is 0.000990. The van der Waals surface area contributed by atoms with Gasteiger partial charge in [-0.25, -0.2) is 8.42 Å². The summed E-state index contributed by atoms with van der Waals surface area (Å²) < 4.78 is 29.7. The second-order valence-electron chi connectivity index (χ2n) is 14.5. The number of hydrogen-bond acceptors (Lipinski definition) is 11. The summed E-state index contributed by atoms with van der Waals surface area (Å²) >= 11 is 6.72. The van der Waals surface area contributed by atoms with Crippen LogP contribution in [0.25, 0.3) is 11.1 Å². The fourth-order valence-electron chi connectivity index (χ4n) is 6.60. The number of carbonyl (C=O) groups excluding carboxylic acids is 1. The number of carbonyl (C=O) groups is 1. The summed E-state index contributed by atoms with van der Waals surface area (Å²) in [6, 6.07) is 16.1. The maximum absolute atomic E-state index is 13.2. The van der Waals surface area contributed by atoms with Gasteiger partial charge in [0.1, 0.15) is 33.9 Å². The monoisotopic (exact) mass is 773 g/mol. The first kappa shape index (κ1) is 41.0. The van der Waals surface area contributed by atoms with Gasteiger partial charge in [0.15, 0.2) is 6.10 Å². The molecule has 2 saturated carbocycles. The molecule has 290 valence electrons. The summed E-state index contributed by atoms with van der Waals surface area (Å²) in [4.78, 5) is 18.9. The molecule has 14 heteroatoms. The molecule has 5 unspecified atom stereocenters. The average Bonchev–Trinajstić information content (AvgIpc) is 4.09. The van der Waals surface area contributed by atoms with E-state index in [2.05, 4.69) is 35.4 Å². The highest BCUT2D eigenvalue weighted by Gasteiger charge is 2.46. The van der Waals surface area contributed by atoms with E-state index in [1.165, 1.54) is 4.90 Å².